The third-order valence-corrected chi connectivity index (χ3v) is 6.17. The molecule has 0 aliphatic rings. The standard InChI is InChI=1S/C24H33N3O2S/c1-5-27(6-2)16-21-10-8-7-9-20(21)15-25-24(29)19(4)30-17-23(28)26-22-13-11-18(3)12-14-22/h7-14,19H,5-6,15-17H2,1-4H3,(H,25,29)(H,26,28). The second kappa shape index (κ2) is 12.4. The van der Waals surface area contributed by atoms with Crippen LogP contribution in [-0.4, -0.2) is 40.8 Å². The largest absolute Gasteiger partial charge is 0.351 e. The number of carbonyl (C=O) groups is 2. The van der Waals surface area contributed by atoms with Crippen molar-refractivity contribution in [3.8, 4) is 0 Å². The molecule has 2 rings (SSSR count). The number of carbonyl (C=O) groups excluding carboxylic acids is 2. The van der Waals surface area contributed by atoms with Gasteiger partial charge in [-0.05, 0) is 50.2 Å². The predicted molar refractivity (Wildman–Crippen MR) is 127 cm³/mol. The van der Waals surface area contributed by atoms with Gasteiger partial charge in [-0.25, -0.2) is 0 Å². The zero-order valence-electron chi connectivity index (χ0n) is 18.4. The van der Waals surface area contributed by atoms with Gasteiger partial charge in [0.15, 0.2) is 0 Å². The van der Waals surface area contributed by atoms with E-state index in [0.29, 0.717) is 6.54 Å². The maximum absolute atomic E-state index is 12.5. The average Bonchev–Trinajstić information content (AvgIpc) is 2.76. The number of anilines is 1. The first-order valence-electron chi connectivity index (χ1n) is 10.5. The van der Waals surface area contributed by atoms with Crippen LogP contribution in [0.5, 0.6) is 0 Å². The molecule has 0 aliphatic heterocycles. The van der Waals surface area contributed by atoms with Gasteiger partial charge in [-0.1, -0.05) is 55.8 Å². The van der Waals surface area contributed by atoms with Crippen LogP contribution < -0.4 is 10.6 Å². The molecule has 2 aromatic carbocycles. The molecular formula is C24H33N3O2S. The average molecular weight is 428 g/mol. The molecule has 162 valence electrons. The summed E-state index contributed by atoms with van der Waals surface area (Å²) in [7, 11) is 0. The van der Waals surface area contributed by atoms with Crippen LogP contribution in [0, 0.1) is 6.92 Å². The molecule has 0 radical (unpaired) electrons. The monoisotopic (exact) mass is 427 g/mol. The summed E-state index contributed by atoms with van der Waals surface area (Å²) >= 11 is 1.34. The molecular weight excluding hydrogens is 394 g/mol. The summed E-state index contributed by atoms with van der Waals surface area (Å²) in [6, 6.07) is 15.9. The van der Waals surface area contributed by atoms with E-state index in [1.165, 1.54) is 17.3 Å². The van der Waals surface area contributed by atoms with Gasteiger partial charge >= 0.3 is 0 Å². The summed E-state index contributed by atoms with van der Waals surface area (Å²) in [6.45, 7) is 11.5. The van der Waals surface area contributed by atoms with E-state index in [1.54, 1.807) is 0 Å². The minimum absolute atomic E-state index is 0.0548. The fourth-order valence-corrected chi connectivity index (χ4v) is 3.72. The third-order valence-electron chi connectivity index (χ3n) is 5.03. The number of nitrogens with one attached hydrogen (secondary N) is 2. The van der Waals surface area contributed by atoms with Crippen molar-refractivity contribution < 1.29 is 9.59 Å². The lowest BCUT2D eigenvalue weighted by atomic mass is 10.1. The molecule has 0 spiro atoms. The van der Waals surface area contributed by atoms with Gasteiger partial charge in [-0.15, -0.1) is 11.8 Å². The number of hydrogen-bond donors (Lipinski definition) is 2. The molecule has 2 N–H and O–H groups in total. The highest BCUT2D eigenvalue weighted by atomic mass is 32.2. The molecule has 0 aliphatic carbocycles. The highest BCUT2D eigenvalue weighted by Crippen LogP contribution is 2.15. The smallest absolute Gasteiger partial charge is 0.234 e. The number of amides is 2. The maximum Gasteiger partial charge on any atom is 0.234 e. The Morgan fingerprint density at radius 2 is 1.63 bits per heavy atom. The Balaban J connectivity index is 1.80. The highest BCUT2D eigenvalue weighted by Gasteiger charge is 2.16. The lowest BCUT2D eigenvalue weighted by Gasteiger charge is -2.20. The summed E-state index contributed by atoms with van der Waals surface area (Å²) in [5, 5.41) is 5.58. The van der Waals surface area contributed by atoms with Crippen molar-refractivity contribution in [1.82, 2.24) is 10.2 Å². The summed E-state index contributed by atoms with van der Waals surface area (Å²) in [5.74, 6) is 0.0786. The first kappa shape index (κ1) is 24.0. The minimum atomic E-state index is -0.302. The molecule has 1 unspecified atom stereocenters. The summed E-state index contributed by atoms with van der Waals surface area (Å²) in [4.78, 5) is 27.0. The van der Waals surface area contributed by atoms with Crippen LogP contribution in [0.4, 0.5) is 5.69 Å². The summed E-state index contributed by atoms with van der Waals surface area (Å²) in [6.07, 6.45) is 0. The van der Waals surface area contributed by atoms with Crippen LogP contribution in [0.15, 0.2) is 48.5 Å². The molecule has 30 heavy (non-hydrogen) atoms. The fraction of sp³-hybridized carbons (Fsp3) is 0.417. The van der Waals surface area contributed by atoms with Crippen LogP contribution in [0.25, 0.3) is 0 Å². The maximum atomic E-state index is 12.5. The number of rotatable bonds is 11. The van der Waals surface area contributed by atoms with E-state index in [4.69, 9.17) is 0 Å². The van der Waals surface area contributed by atoms with Crippen molar-refractivity contribution in [2.75, 3.05) is 24.2 Å². The van der Waals surface area contributed by atoms with E-state index in [9.17, 15) is 9.59 Å². The normalized spacial score (nSPS) is 11.9. The second-order valence-corrected chi connectivity index (χ2v) is 8.64. The Hall–Kier alpha value is -2.31. The zero-order valence-corrected chi connectivity index (χ0v) is 19.2. The molecule has 0 aromatic heterocycles. The van der Waals surface area contributed by atoms with E-state index in [0.717, 1.165) is 36.4 Å². The molecule has 6 heteroatoms. The van der Waals surface area contributed by atoms with E-state index in [-0.39, 0.29) is 22.8 Å². The SMILES string of the molecule is CCN(CC)Cc1ccccc1CNC(=O)C(C)SCC(=O)Nc1ccc(C)cc1. The Bertz CT molecular complexity index is 819. The van der Waals surface area contributed by atoms with Crippen molar-refractivity contribution >= 4 is 29.3 Å². The number of thioether (sulfide) groups is 1. The fourth-order valence-electron chi connectivity index (χ4n) is 3.01. The van der Waals surface area contributed by atoms with E-state index >= 15 is 0 Å². The molecule has 0 saturated carbocycles. The van der Waals surface area contributed by atoms with E-state index in [1.807, 2.05) is 50.2 Å². The topological polar surface area (TPSA) is 61.4 Å². The van der Waals surface area contributed by atoms with Crippen LogP contribution in [0.3, 0.4) is 0 Å². The third kappa shape index (κ3) is 7.84. The molecule has 0 fully saturated rings. The van der Waals surface area contributed by atoms with Crippen molar-refractivity contribution in [2.45, 2.75) is 46.0 Å². The first-order chi connectivity index (χ1) is 14.4. The number of aryl methyl sites for hydroxylation is 1. The van der Waals surface area contributed by atoms with Crippen molar-refractivity contribution in [3.63, 3.8) is 0 Å². The highest BCUT2D eigenvalue weighted by molar-refractivity contribution is 8.01. The first-order valence-corrected chi connectivity index (χ1v) is 11.5. The van der Waals surface area contributed by atoms with Gasteiger partial charge in [0.2, 0.25) is 11.8 Å². The molecule has 5 nitrogen and oxygen atoms in total. The van der Waals surface area contributed by atoms with Gasteiger partial charge in [0.05, 0.1) is 11.0 Å². The number of nitrogens with zero attached hydrogens (tertiary/aromatic N) is 1. The van der Waals surface area contributed by atoms with Crippen LogP contribution in [0.2, 0.25) is 0 Å². The quantitative estimate of drug-likeness (QED) is 0.564. The lowest BCUT2D eigenvalue weighted by Crippen LogP contribution is -2.32. The Morgan fingerprint density at radius 1 is 1.00 bits per heavy atom. The Kier molecular flexibility index (Phi) is 9.91. The second-order valence-electron chi connectivity index (χ2n) is 7.32. The van der Waals surface area contributed by atoms with Crippen molar-refractivity contribution in [2.24, 2.45) is 0 Å². The summed E-state index contributed by atoms with van der Waals surface area (Å²) in [5.41, 5.74) is 4.28. The molecule has 2 amide bonds. The molecule has 1 atom stereocenters. The number of hydrogen-bond acceptors (Lipinski definition) is 4. The minimum Gasteiger partial charge on any atom is -0.351 e. The van der Waals surface area contributed by atoms with Crippen molar-refractivity contribution in [1.29, 1.82) is 0 Å². The lowest BCUT2D eigenvalue weighted by molar-refractivity contribution is -0.120. The number of benzene rings is 2. The predicted octanol–water partition coefficient (Wildman–Crippen LogP) is 4.21. The molecule has 2 aromatic rings. The van der Waals surface area contributed by atoms with Crippen LogP contribution in [-0.2, 0) is 22.7 Å². The Morgan fingerprint density at radius 3 is 2.27 bits per heavy atom. The molecule has 0 bridgehead atoms. The zero-order chi connectivity index (χ0) is 21.9. The van der Waals surface area contributed by atoms with E-state index < -0.39 is 0 Å². The van der Waals surface area contributed by atoms with Crippen LogP contribution in [0.1, 0.15) is 37.5 Å². The molecule has 0 heterocycles. The van der Waals surface area contributed by atoms with Crippen LogP contribution >= 0.6 is 11.8 Å². The van der Waals surface area contributed by atoms with Gasteiger partial charge in [0.25, 0.3) is 0 Å². The van der Waals surface area contributed by atoms with Gasteiger partial charge in [0.1, 0.15) is 0 Å². The van der Waals surface area contributed by atoms with Gasteiger partial charge in [0, 0.05) is 18.8 Å². The van der Waals surface area contributed by atoms with E-state index in [2.05, 4.69) is 41.5 Å². The molecule has 0 saturated heterocycles. The summed E-state index contributed by atoms with van der Waals surface area (Å²) < 4.78 is 0. The Labute approximate surface area is 184 Å². The van der Waals surface area contributed by atoms with Crippen molar-refractivity contribution in [3.05, 3.63) is 65.2 Å². The van der Waals surface area contributed by atoms with Gasteiger partial charge in [-0.3, -0.25) is 14.5 Å². The van der Waals surface area contributed by atoms with Gasteiger partial charge < -0.3 is 10.6 Å². The van der Waals surface area contributed by atoms with Gasteiger partial charge in [-0.2, -0.15) is 0 Å².